The molecule has 1 N–H and O–H groups in total. The van der Waals surface area contributed by atoms with Gasteiger partial charge in [0.2, 0.25) is 0 Å². The van der Waals surface area contributed by atoms with Gasteiger partial charge in [-0.1, -0.05) is 52.3 Å². The molecule has 0 spiro atoms. The first-order chi connectivity index (χ1) is 12.6. The molecule has 26 heavy (non-hydrogen) atoms. The molecule has 0 aliphatic heterocycles. The van der Waals surface area contributed by atoms with Crippen molar-refractivity contribution in [3.8, 4) is 33.9 Å². The molecular formula is C21H13BrI2N2. The SMILES string of the molecule is Brc1ccc(-c2nc(-c3cccc(I)c3)c(-c3cccc(I)c3)[nH]2)cc1. The van der Waals surface area contributed by atoms with E-state index in [-0.39, 0.29) is 0 Å². The van der Waals surface area contributed by atoms with Crippen LogP contribution in [0, 0.1) is 7.14 Å². The van der Waals surface area contributed by atoms with Crippen LogP contribution in [0.25, 0.3) is 33.9 Å². The number of nitrogens with one attached hydrogen (secondary N) is 1. The van der Waals surface area contributed by atoms with Gasteiger partial charge in [0, 0.05) is 28.3 Å². The minimum atomic E-state index is 0.875. The molecule has 4 rings (SSSR count). The highest BCUT2D eigenvalue weighted by atomic mass is 127. The summed E-state index contributed by atoms with van der Waals surface area (Å²) < 4.78 is 3.46. The zero-order chi connectivity index (χ0) is 18.1. The highest BCUT2D eigenvalue weighted by Crippen LogP contribution is 2.34. The van der Waals surface area contributed by atoms with Crippen molar-refractivity contribution in [1.29, 1.82) is 0 Å². The maximum Gasteiger partial charge on any atom is 0.138 e. The minimum absolute atomic E-state index is 0.875. The number of imidazole rings is 1. The lowest BCUT2D eigenvalue weighted by Gasteiger charge is -2.04. The number of H-pyrrole nitrogens is 1. The molecule has 0 atom stereocenters. The predicted octanol–water partition coefficient (Wildman–Crippen LogP) is 7.38. The third kappa shape index (κ3) is 3.89. The van der Waals surface area contributed by atoms with Crippen LogP contribution in [0.1, 0.15) is 0 Å². The van der Waals surface area contributed by atoms with Crippen LogP contribution in [-0.2, 0) is 0 Å². The molecule has 2 nitrogen and oxygen atoms in total. The van der Waals surface area contributed by atoms with Crippen molar-refractivity contribution < 1.29 is 0 Å². The highest BCUT2D eigenvalue weighted by Gasteiger charge is 2.15. The second-order valence-corrected chi connectivity index (χ2v) is 9.24. The summed E-state index contributed by atoms with van der Waals surface area (Å²) in [7, 11) is 0. The largest absolute Gasteiger partial charge is 0.337 e. The zero-order valence-electron chi connectivity index (χ0n) is 13.5. The Hall–Kier alpha value is -1.19. The smallest absolute Gasteiger partial charge is 0.138 e. The Labute approximate surface area is 187 Å². The van der Waals surface area contributed by atoms with E-state index in [0.29, 0.717) is 0 Å². The lowest BCUT2D eigenvalue weighted by molar-refractivity contribution is 1.31. The van der Waals surface area contributed by atoms with Gasteiger partial charge in [-0.05, 0) is 81.6 Å². The van der Waals surface area contributed by atoms with Crippen molar-refractivity contribution in [2.45, 2.75) is 0 Å². The lowest BCUT2D eigenvalue weighted by Crippen LogP contribution is -1.85. The number of nitrogens with zero attached hydrogens (tertiary/aromatic N) is 1. The molecule has 128 valence electrons. The Kier molecular flexibility index (Phi) is 5.47. The van der Waals surface area contributed by atoms with Gasteiger partial charge in [0.15, 0.2) is 0 Å². The third-order valence-corrected chi connectivity index (χ3v) is 5.90. The first kappa shape index (κ1) is 18.2. The van der Waals surface area contributed by atoms with Gasteiger partial charge in [0.25, 0.3) is 0 Å². The zero-order valence-corrected chi connectivity index (χ0v) is 19.4. The number of hydrogen-bond acceptors (Lipinski definition) is 1. The lowest BCUT2D eigenvalue weighted by atomic mass is 10.1. The van der Waals surface area contributed by atoms with Crippen LogP contribution in [0.4, 0.5) is 0 Å². The molecule has 0 fully saturated rings. The average molecular weight is 627 g/mol. The summed E-state index contributed by atoms with van der Waals surface area (Å²) in [5.41, 5.74) is 5.34. The summed E-state index contributed by atoms with van der Waals surface area (Å²) in [6.07, 6.45) is 0. The normalized spacial score (nSPS) is 10.9. The van der Waals surface area contributed by atoms with Crippen LogP contribution in [-0.4, -0.2) is 9.97 Å². The number of hydrogen-bond donors (Lipinski definition) is 1. The van der Waals surface area contributed by atoms with Gasteiger partial charge in [-0.2, -0.15) is 0 Å². The topological polar surface area (TPSA) is 28.7 Å². The molecule has 3 aromatic carbocycles. The second-order valence-electron chi connectivity index (χ2n) is 5.84. The van der Waals surface area contributed by atoms with E-state index in [1.165, 1.54) is 7.14 Å². The number of aromatic amines is 1. The van der Waals surface area contributed by atoms with Crippen LogP contribution < -0.4 is 0 Å². The van der Waals surface area contributed by atoms with E-state index in [1.807, 2.05) is 12.1 Å². The monoisotopic (exact) mass is 626 g/mol. The van der Waals surface area contributed by atoms with Gasteiger partial charge >= 0.3 is 0 Å². The van der Waals surface area contributed by atoms with E-state index in [1.54, 1.807) is 0 Å². The van der Waals surface area contributed by atoms with Crippen LogP contribution in [0.3, 0.4) is 0 Å². The molecule has 0 aliphatic rings. The van der Waals surface area contributed by atoms with Crippen LogP contribution in [0.5, 0.6) is 0 Å². The summed E-state index contributed by atoms with van der Waals surface area (Å²) in [5, 5.41) is 0. The van der Waals surface area contributed by atoms with E-state index >= 15 is 0 Å². The van der Waals surface area contributed by atoms with Gasteiger partial charge in [-0.25, -0.2) is 4.98 Å². The van der Waals surface area contributed by atoms with Crippen LogP contribution in [0.15, 0.2) is 77.3 Å². The third-order valence-electron chi connectivity index (χ3n) is 4.03. The van der Waals surface area contributed by atoms with Gasteiger partial charge < -0.3 is 4.98 Å². The van der Waals surface area contributed by atoms with Crippen molar-refractivity contribution in [3.05, 3.63) is 84.4 Å². The Balaban J connectivity index is 1.92. The summed E-state index contributed by atoms with van der Waals surface area (Å²) in [4.78, 5) is 8.50. The molecule has 0 amide bonds. The van der Waals surface area contributed by atoms with Crippen molar-refractivity contribution in [1.82, 2.24) is 9.97 Å². The Morgan fingerprint density at radius 1 is 0.731 bits per heavy atom. The van der Waals surface area contributed by atoms with Crippen molar-refractivity contribution in [2.75, 3.05) is 0 Å². The van der Waals surface area contributed by atoms with E-state index in [0.717, 1.165) is 38.4 Å². The van der Waals surface area contributed by atoms with Crippen molar-refractivity contribution in [3.63, 3.8) is 0 Å². The Morgan fingerprint density at radius 3 is 2.00 bits per heavy atom. The Bertz CT molecular complexity index is 1010. The quantitative estimate of drug-likeness (QED) is 0.236. The van der Waals surface area contributed by atoms with E-state index < -0.39 is 0 Å². The Morgan fingerprint density at radius 2 is 1.35 bits per heavy atom. The molecule has 1 aromatic heterocycles. The van der Waals surface area contributed by atoms with E-state index in [4.69, 9.17) is 4.98 Å². The second kappa shape index (κ2) is 7.82. The maximum absolute atomic E-state index is 4.95. The minimum Gasteiger partial charge on any atom is -0.337 e. The maximum atomic E-state index is 4.95. The molecule has 0 unspecified atom stereocenters. The molecule has 1 heterocycles. The highest BCUT2D eigenvalue weighted by molar-refractivity contribution is 14.1. The molecule has 4 aromatic rings. The molecular weight excluding hydrogens is 614 g/mol. The fourth-order valence-corrected chi connectivity index (χ4v) is 4.17. The molecule has 0 bridgehead atoms. The van der Waals surface area contributed by atoms with E-state index in [9.17, 15) is 0 Å². The summed E-state index contributed by atoms with van der Waals surface area (Å²) in [6, 6.07) is 25.1. The van der Waals surface area contributed by atoms with Gasteiger partial charge in [0.05, 0.1) is 11.4 Å². The molecule has 0 saturated heterocycles. The number of rotatable bonds is 3. The summed E-state index contributed by atoms with van der Waals surface area (Å²) in [5.74, 6) is 0.875. The first-order valence-electron chi connectivity index (χ1n) is 7.98. The standard InChI is InChI=1S/C21H13BrI2N2/c22-16-9-7-13(8-10-16)21-25-19(14-3-1-5-17(23)11-14)20(26-21)15-4-2-6-18(24)12-15/h1-12H,(H,25,26). The molecule has 5 heteroatoms. The first-order valence-corrected chi connectivity index (χ1v) is 10.9. The average Bonchev–Trinajstić information content (AvgIpc) is 3.08. The summed E-state index contributed by atoms with van der Waals surface area (Å²) >= 11 is 8.18. The van der Waals surface area contributed by atoms with Crippen molar-refractivity contribution in [2.24, 2.45) is 0 Å². The van der Waals surface area contributed by atoms with Crippen molar-refractivity contribution >= 4 is 61.1 Å². The predicted molar refractivity (Wildman–Crippen MR) is 128 cm³/mol. The molecule has 0 aliphatic carbocycles. The van der Waals surface area contributed by atoms with E-state index in [2.05, 4.69) is 127 Å². The van der Waals surface area contributed by atoms with Gasteiger partial charge in [-0.3, -0.25) is 0 Å². The van der Waals surface area contributed by atoms with Gasteiger partial charge in [0.1, 0.15) is 5.82 Å². The summed E-state index contributed by atoms with van der Waals surface area (Å²) in [6.45, 7) is 0. The van der Waals surface area contributed by atoms with Crippen LogP contribution in [0.2, 0.25) is 0 Å². The fourth-order valence-electron chi connectivity index (χ4n) is 2.82. The fraction of sp³-hybridized carbons (Fsp3) is 0. The van der Waals surface area contributed by atoms with Crippen LogP contribution >= 0.6 is 61.1 Å². The molecule has 0 saturated carbocycles. The molecule has 0 radical (unpaired) electrons. The number of benzene rings is 3. The number of halogens is 3. The van der Waals surface area contributed by atoms with Gasteiger partial charge in [-0.15, -0.1) is 0 Å². The number of aromatic nitrogens is 2.